The molecule has 0 saturated heterocycles. The van der Waals surface area contributed by atoms with Gasteiger partial charge in [0, 0.05) is 23.1 Å². The second-order valence-corrected chi connectivity index (χ2v) is 5.54. The van der Waals surface area contributed by atoms with E-state index in [4.69, 9.17) is 5.73 Å². The van der Waals surface area contributed by atoms with Crippen LogP contribution in [0.25, 0.3) is 10.9 Å². The number of fused-ring (bicyclic) bond motifs is 2. The number of nitrogens with two attached hydrogens (primary N) is 1. The molecular formula is C16H22N2. The number of nitrogens with one attached hydrogen (secondary N) is 1. The topological polar surface area (TPSA) is 41.8 Å². The number of hydrogen-bond donors (Lipinski definition) is 2. The van der Waals surface area contributed by atoms with Crippen molar-refractivity contribution >= 4 is 10.9 Å². The molecule has 0 saturated carbocycles. The summed E-state index contributed by atoms with van der Waals surface area (Å²) in [4.78, 5) is 3.42. The first-order valence-corrected chi connectivity index (χ1v) is 7.15. The van der Waals surface area contributed by atoms with Crippen LogP contribution in [0.3, 0.4) is 0 Å². The van der Waals surface area contributed by atoms with Crippen molar-refractivity contribution in [1.82, 2.24) is 4.98 Å². The number of benzene rings is 1. The van der Waals surface area contributed by atoms with Crippen molar-refractivity contribution in [3.05, 3.63) is 35.0 Å². The highest BCUT2D eigenvalue weighted by Gasteiger charge is 2.14. The summed E-state index contributed by atoms with van der Waals surface area (Å²) >= 11 is 0. The normalized spacial score (nSPS) is 16.1. The lowest BCUT2D eigenvalue weighted by molar-refractivity contribution is 0.597. The minimum absolute atomic E-state index is 0.337. The fourth-order valence-corrected chi connectivity index (χ4v) is 3.00. The van der Waals surface area contributed by atoms with Crippen molar-refractivity contribution in [3.8, 4) is 0 Å². The van der Waals surface area contributed by atoms with Gasteiger partial charge in [-0.2, -0.15) is 0 Å². The van der Waals surface area contributed by atoms with Gasteiger partial charge in [0.1, 0.15) is 0 Å². The molecule has 2 aromatic rings. The summed E-state index contributed by atoms with van der Waals surface area (Å²) in [6.45, 7) is 2.16. The Morgan fingerprint density at radius 1 is 1.28 bits per heavy atom. The molecular weight excluding hydrogens is 220 g/mol. The highest BCUT2D eigenvalue weighted by Crippen LogP contribution is 2.29. The third kappa shape index (κ3) is 2.05. The van der Waals surface area contributed by atoms with Gasteiger partial charge in [-0.3, -0.25) is 0 Å². The molecule has 0 amide bonds. The predicted molar refractivity (Wildman–Crippen MR) is 76.9 cm³/mol. The maximum atomic E-state index is 6.01. The Balaban J connectivity index is 1.89. The first-order valence-electron chi connectivity index (χ1n) is 7.15. The molecule has 96 valence electrons. The highest BCUT2D eigenvalue weighted by atomic mass is 14.7. The molecule has 3 N–H and O–H groups in total. The van der Waals surface area contributed by atoms with Crippen LogP contribution in [-0.2, 0) is 19.3 Å². The molecule has 1 unspecified atom stereocenters. The van der Waals surface area contributed by atoms with Crippen LogP contribution in [0.2, 0.25) is 0 Å². The summed E-state index contributed by atoms with van der Waals surface area (Å²) < 4.78 is 0. The minimum atomic E-state index is 0.337. The lowest BCUT2D eigenvalue weighted by Gasteiger charge is -2.07. The van der Waals surface area contributed by atoms with Gasteiger partial charge in [-0.05, 0) is 67.3 Å². The Bertz CT molecular complexity index is 553. The van der Waals surface area contributed by atoms with E-state index in [9.17, 15) is 0 Å². The first-order chi connectivity index (χ1) is 8.78. The van der Waals surface area contributed by atoms with Gasteiger partial charge in [0.25, 0.3) is 0 Å². The highest BCUT2D eigenvalue weighted by molar-refractivity contribution is 5.85. The van der Waals surface area contributed by atoms with Gasteiger partial charge >= 0.3 is 0 Å². The monoisotopic (exact) mass is 242 g/mol. The number of hydrogen-bond acceptors (Lipinski definition) is 1. The molecule has 0 spiro atoms. The van der Waals surface area contributed by atoms with Gasteiger partial charge in [0.05, 0.1) is 0 Å². The van der Waals surface area contributed by atoms with Gasteiger partial charge in [-0.25, -0.2) is 0 Å². The van der Waals surface area contributed by atoms with Crippen molar-refractivity contribution in [2.24, 2.45) is 5.73 Å². The second-order valence-electron chi connectivity index (χ2n) is 5.54. The van der Waals surface area contributed by atoms with Gasteiger partial charge in [0.2, 0.25) is 0 Å². The molecule has 0 radical (unpaired) electrons. The van der Waals surface area contributed by atoms with E-state index < -0.39 is 0 Å². The van der Waals surface area contributed by atoms with Crippen LogP contribution in [-0.4, -0.2) is 11.0 Å². The molecule has 1 heterocycles. The van der Waals surface area contributed by atoms with Crippen LogP contribution in [0.1, 0.15) is 42.9 Å². The molecule has 18 heavy (non-hydrogen) atoms. The predicted octanol–water partition coefficient (Wildman–Crippen LogP) is 3.33. The number of rotatable bonds is 4. The van der Waals surface area contributed by atoms with E-state index >= 15 is 0 Å². The average Bonchev–Trinajstić information content (AvgIpc) is 2.99. The van der Waals surface area contributed by atoms with Crippen LogP contribution >= 0.6 is 0 Å². The zero-order chi connectivity index (χ0) is 12.5. The smallest absolute Gasteiger partial charge is 0.0459 e. The molecule has 1 atom stereocenters. The van der Waals surface area contributed by atoms with E-state index in [1.807, 2.05) is 0 Å². The van der Waals surface area contributed by atoms with Crippen molar-refractivity contribution in [2.45, 2.75) is 51.5 Å². The van der Waals surface area contributed by atoms with Crippen molar-refractivity contribution in [2.75, 3.05) is 0 Å². The number of aryl methyl sites for hydroxylation is 3. The van der Waals surface area contributed by atoms with Crippen molar-refractivity contribution < 1.29 is 0 Å². The van der Waals surface area contributed by atoms with Gasteiger partial charge in [0.15, 0.2) is 0 Å². The first kappa shape index (κ1) is 11.8. The lowest BCUT2D eigenvalue weighted by atomic mass is 10.0. The third-order valence-electron chi connectivity index (χ3n) is 4.29. The molecule has 0 bridgehead atoms. The van der Waals surface area contributed by atoms with Crippen LogP contribution < -0.4 is 5.73 Å². The fourth-order valence-electron chi connectivity index (χ4n) is 3.00. The molecule has 1 aromatic carbocycles. The quantitative estimate of drug-likeness (QED) is 0.848. The van der Waals surface area contributed by atoms with Gasteiger partial charge in [-0.1, -0.05) is 6.92 Å². The third-order valence-corrected chi connectivity index (χ3v) is 4.29. The molecule has 2 heteroatoms. The van der Waals surface area contributed by atoms with E-state index in [0.717, 1.165) is 19.3 Å². The molecule has 1 aliphatic carbocycles. The van der Waals surface area contributed by atoms with Gasteiger partial charge < -0.3 is 10.7 Å². The van der Waals surface area contributed by atoms with Crippen LogP contribution in [0, 0.1) is 0 Å². The number of H-pyrrole nitrogens is 1. The Morgan fingerprint density at radius 2 is 2.06 bits per heavy atom. The maximum Gasteiger partial charge on any atom is 0.0459 e. The Hall–Kier alpha value is -1.28. The molecule has 0 aliphatic heterocycles. The standard InChI is InChI=1S/C16H22N2/c1-2-14(17)7-6-13-10-18-16-9-12-5-3-4-11(12)8-15(13)16/h8-10,14,18H,2-7,17H2,1H3. The largest absolute Gasteiger partial charge is 0.361 e. The summed E-state index contributed by atoms with van der Waals surface area (Å²) in [5, 5.41) is 1.42. The number of aromatic nitrogens is 1. The molecule has 1 aliphatic rings. The fraction of sp³-hybridized carbons (Fsp3) is 0.500. The summed E-state index contributed by atoms with van der Waals surface area (Å²) in [6.07, 6.45) is 9.23. The summed E-state index contributed by atoms with van der Waals surface area (Å²) in [5.41, 5.74) is 11.9. The minimum Gasteiger partial charge on any atom is -0.361 e. The van der Waals surface area contributed by atoms with Crippen molar-refractivity contribution in [3.63, 3.8) is 0 Å². The van der Waals surface area contributed by atoms with Crippen LogP contribution in [0.15, 0.2) is 18.3 Å². The second kappa shape index (κ2) is 4.77. The number of aromatic amines is 1. The summed E-state index contributed by atoms with van der Waals surface area (Å²) in [6, 6.07) is 5.09. The zero-order valence-corrected chi connectivity index (χ0v) is 11.1. The maximum absolute atomic E-state index is 6.01. The van der Waals surface area contributed by atoms with Crippen LogP contribution in [0.4, 0.5) is 0 Å². The Morgan fingerprint density at radius 3 is 2.83 bits per heavy atom. The summed E-state index contributed by atoms with van der Waals surface area (Å²) in [7, 11) is 0. The van der Waals surface area contributed by atoms with E-state index in [1.165, 1.54) is 35.7 Å². The Labute approximate surface area is 109 Å². The molecule has 0 fully saturated rings. The zero-order valence-electron chi connectivity index (χ0n) is 11.1. The Kier molecular flexibility index (Phi) is 3.13. The van der Waals surface area contributed by atoms with E-state index in [-0.39, 0.29) is 0 Å². The van der Waals surface area contributed by atoms with Crippen LogP contribution in [0.5, 0.6) is 0 Å². The van der Waals surface area contributed by atoms with E-state index in [1.54, 1.807) is 11.1 Å². The summed E-state index contributed by atoms with van der Waals surface area (Å²) in [5.74, 6) is 0. The lowest BCUT2D eigenvalue weighted by Crippen LogP contribution is -2.18. The average molecular weight is 242 g/mol. The molecule has 2 nitrogen and oxygen atoms in total. The van der Waals surface area contributed by atoms with E-state index in [0.29, 0.717) is 6.04 Å². The molecule has 3 rings (SSSR count). The molecule has 1 aromatic heterocycles. The SMILES string of the molecule is CCC(N)CCc1c[nH]c2cc3c(cc12)CCC3. The van der Waals surface area contributed by atoms with Crippen molar-refractivity contribution in [1.29, 1.82) is 0 Å². The van der Waals surface area contributed by atoms with E-state index in [2.05, 4.69) is 30.2 Å². The van der Waals surface area contributed by atoms with Gasteiger partial charge in [-0.15, -0.1) is 0 Å².